The summed E-state index contributed by atoms with van der Waals surface area (Å²) < 4.78 is 17.0. The largest absolute Gasteiger partial charge is 0.494 e. The minimum Gasteiger partial charge on any atom is -0.494 e. The molecule has 0 fully saturated rings. The Balaban J connectivity index is 1.58. The number of hydrogen-bond donors (Lipinski definition) is 1. The Hall–Kier alpha value is -3.89. The third kappa shape index (κ3) is 5.44. The van der Waals surface area contributed by atoms with E-state index in [1.54, 1.807) is 48.2 Å². The monoisotopic (exact) mass is 486 g/mol. The highest BCUT2D eigenvalue weighted by Gasteiger charge is 2.31. The molecule has 178 valence electrons. The SMILES string of the molecule is CCCCOc1cccc(C(=O)Oc2ccc3c(c2)OC(N)=C(C#N)C3c2ccc(SC)cc2)c1. The first kappa shape index (κ1) is 24.2. The Morgan fingerprint density at radius 2 is 1.91 bits per heavy atom. The van der Waals surface area contributed by atoms with Gasteiger partial charge in [0.2, 0.25) is 5.88 Å². The van der Waals surface area contributed by atoms with Gasteiger partial charge in [-0.3, -0.25) is 0 Å². The second-order valence-electron chi connectivity index (χ2n) is 8.02. The van der Waals surface area contributed by atoms with Crippen LogP contribution in [0.5, 0.6) is 17.2 Å². The standard InChI is InChI=1S/C28H26N2O4S/c1-3-4-14-32-20-7-5-6-19(15-20)28(31)33-21-10-13-23-25(16-21)34-27(30)24(17-29)26(23)18-8-11-22(35-2)12-9-18/h5-13,15-16,26H,3-4,14,30H2,1-2H3. The number of unbranched alkanes of at least 4 members (excludes halogenated alkanes) is 1. The van der Waals surface area contributed by atoms with Crippen LogP contribution in [0.25, 0.3) is 0 Å². The predicted octanol–water partition coefficient (Wildman–Crippen LogP) is 6.02. The zero-order valence-corrected chi connectivity index (χ0v) is 20.4. The minimum atomic E-state index is -0.507. The van der Waals surface area contributed by atoms with Crippen molar-refractivity contribution >= 4 is 17.7 Å². The third-order valence-electron chi connectivity index (χ3n) is 5.69. The molecule has 3 aromatic carbocycles. The number of rotatable bonds is 8. The van der Waals surface area contributed by atoms with Crippen molar-refractivity contribution < 1.29 is 19.0 Å². The van der Waals surface area contributed by atoms with Crippen molar-refractivity contribution in [2.75, 3.05) is 12.9 Å². The van der Waals surface area contributed by atoms with Gasteiger partial charge in [-0.25, -0.2) is 4.79 Å². The van der Waals surface area contributed by atoms with Crippen LogP contribution >= 0.6 is 11.8 Å². The maximum Gasteiger partial charge on any atom is 0.343 e. The number of ether oxygens (including phenoxy) is 3. The van der Waals surface area contributed by atoms with Gasteiger partial charge in [-0.05, 0) is 54.6 Å². The molecule has 1 aliphatic heterocycles. The summed E-state index contributed by atoms with van der Waals surface area (Å²) in [6.45, 7) is 2.69. The highest BCUT2D eigenvalue weighted by molar-refractivity contribution is 7.98. The van der Waals surface area contributed by atoms with Crippen molar-refractivity contribution in [1.29, 1.82) is 5.26 Å². The first-order valence-corrected chi connectivity index (χ1v) is 12.6. The molecule has 0 saturated heterocycles. The van der Waals surface area contributed by atoms with Crippen molar-refractivity contribution in [1.82, 2.24) is 0 Å². The molecule has 6 nitrogen and oxygen atoms in total. The van der Waals surface area contributed by atoms with Crippen LogP contribution < -0.4 is 19.9 Å². The number of thioether (sulfide) groups is 1. The molecule has 1 atom stereocenters. The molecule has 0 aliphatic carbocycles. The molecule has 0 saturated carbocycles. The van der Waals surface area contributed by atoms with E-state index in [0.717, 1.165) is 28.9 Å². The van der Waals surface area contributed by atoms with Crippen molar-refractivity contribution in [2.45, 2.75) is 30.6 Å². The summed E-state index contributed by atoms with van der Waals surface area (Å²) >= 11 is 1.65. The number of nitrogens with zero attached hydrogens (tertiary/aromatic N) is 1. The molecule has 0 radical (unpaired) electrons. The van der Waals surface area contributed by atoms with Crippen LogP contribution in [0.2, 0.25) is 0 Å². The van der Waals surface area contributed by atoms with E-state index in [2.05, 4.69) is 13.0 Å². The third-order valence-corrected chi connectivity index (χ3v) is 6.43. The molecule has 35 heavy (non-hydrogen) atoms. The lowest BCUT2D eigenvalue weighted by atomic mass is 9.83. The summed E-state index contributed by atoms with van der Waals surface area (Å²) in [5.41, 5.74) is 8.54. The van der Waals surface area contributed by atoms with Gasteiger partial charge in [-0.15, -0.1) is 11.8 Å². The number of carbonyl (C=O) groups is 1. The first-order valence-electron chi connectivity index (χ1n) is 11.3. The average molecular weight is 487 g/mol. The van der Waals surface area contributed by atoms with Gasteiger partial charge in [0.1, 0.15) is 28.9 Å². The van der Waals surface area contributed by atoms with E-state index in [1.807, 2.05) is 36.6 Å². The van der Waals surface area contributed by atoms with Gasteiger partial charge in [0.15, 0.2) is 0 Å². The number of carbonyl (C=O) groups excluding carboxylic acids is 1. The molecule has 7 heteroatoms. The van der Waals surface area contributed by atoms with Crippen molar-refractivity contribution in [3.8, 4) is 23.3 Å². The van der Waals surface area contributed by atoms with Crippen LogP contribution in [0, 0.1) is 11.3 Å². The quantitative estimate of drug-likeness (QED) is 0.180. The molecule has 1 unspecified atom stereocenters. The number of benzene rings is 3. The van der Waals surface area contributed by atoms with Gasteiger partial charge in [-0.2, -0.15) is 5.26 Å². The van der Waals surface area contributed by atoms with Crippen molar-refractivity contribution in [2.24, 2.45) is 5.73 Å². The van der Waals surface area contributed by atoms with E-state index in [9.17, 15) is 10.1 Å². The van der Waals surface area contributed by atoms with Crippen LogP contribution in [0.4, 0.5) is 0 Å². The zero-order valence-electron chi connectivity index (χ0n) is 19.6. The average Bonchev–Trinajstić information content (AvgIpc) is 2.88. The molecule has 1 heterocycles. The fourth-order valence-electron chi connectivity index (χ4n) is 3.85. The predicted molar refractivity (Wildman–Crippen MR) is 136 cm³/mol. The molecule has 1 aliphatic rings. The molecular weight excluding hydrogens is 460 g/mol. The van der Waals surface area contributed by atoms with Crippen LogP contribution in [0.15, 0.2) is 83.1 Å². The topological polar surface area (TPSA) is 94.6 Å². The lowest BCUT2D eigenvalue weighted by Crippen LogP contribution is -2.21. The van der Waals surface area contributed by atoms with Crippen LogP contribution in [-0.2, 0) is 0 Å². The molecule has 0 amide bonds. The fraction of sp³-hybridized carbons (Fsp3) is 0.214. The number of allylic oxidation sites excluding steroid dienone is 1. The van der Waals surface area contributed by atoms with E-state index in [-0.39, 0.29) is 11.8 Å². The number of nitrogens with two attached hydrogens (primary N) is 1. The Bertz CT molecular complexity index is 1300. The maximum absolute atomic E-state index is 12.8. The fourth-order valence-corrected chi connectivity index (χ4v) is 4.26. The number of nitriles is 1. The van der Waals surface area contributed by atoms with Gasteiger partial charge >= 0.3 is 5.97 Å². The Kier molecular flexibility index (Phi) is 7.64. The lowest BCUT2D eigenvalue weighted by molar-refractivity contribution is 0.0734. The highest BCUT2D eigenvalue weighted by Crippen LogP contribution is 2.43. The smallest absolute Gasteiger partial charge is 0.343 e. The summed E-state index contributed by atoms with van der Waals surface area (Å²) in [6, 6.07) is 22.2. The summed E-state index contributed by atoms with van der Waals surface area (Å²) in [7, 11) is 0. The van der Waals surface area contributed by atoms with Crippen LogP contribution in [0.1, 0.15) is 47.2 Å². The van der Waals surface area contributed by atoms with E-state index in [1.165, 1.54) is 0 Å². The van der Waals surface area contributed by atoms with Gasteiger partial charge in [0.25, 0.3) is 0 Å². The minimum absolute atomic E-state index is 0.0411. The van der Waals surface area contributed by atoms with Gasteiger partial charge in [0.05, 0.1) is 18.1 Å². The Labute approximate surface area is 209 Å². The molecule has 4 rings (SSSR count). The molecule has 2 N–H and O–H groups in total. The molecule has 0 aromatic heterocycles. The number of hydrogen-bond acceptors (Lipinski definition) is 7. The summed E-state index contributed by atoms with van der Waals surface area (Å²) in [5, 5.41) is 9.76. The summed E-state index contributed by atoms with van der Waals surface area (Å²) in [6.07, 6.45) is 3.98. The second-order valence-corrected chi connectivity index (χ2v) is 8.90. The first-order chi connectivity index (χ1) is 17.0. The maximum atomic E-state index is 12.8. The summed E-state index contributed by atoms with van der Waals surface area (Å²) in [5.74, 6) is 0.546. The van der Waals surface area contributed by atoms with E-state index in [0.29, 0.717) is 35.0 Å². The number of esters is 1. The van der Waals surface area contributed by atoms with E-state index < -0.39 is 5.97 Å². The van der Waals surface area contributed by atoms with Crippen LogP contribution in [0.3, 0.4) is 0 Å². The van der Waals surface area contributed by atoms with Gasteiger partial charge in [-0.1, -0.05) is 37.6 Å². The normalized spacial score (nSPS) is 14.5. The van der Waals surface area contributed by atoms with Crippen LogP contribution in [-0.4, -0.2) is 18.8 Å². The molecule has 0 bridgehead atoms. The van der Waals surface area contributed by atoms with Gasteiger partial charge < -0.3 is 19.9 Å². The number of fused-ring (bicyclic) bond motifs is 1. The van der Waals surface area contributed by atoms with E-state index >= 15 is 0 Å². The van der Waals surface area contributed by atoms with E-state index in [4.69, 9.17) is 19.9 Å². The zero-order chi connectivity index (χ0) is 24.8. The summed E-state index contributed by atoms with van der Waals surface area (Å²) in [4.78, 5) is 13.9. The van der Waals surface area contributed by atoms with Crippen molar-refractivity contribution in [3.05, 3.63) is 94.9 Å². The highest BCUT2D eigenvalue weighted by atomic mass is 32.2. The molecule has 0 spiro atoms. The Morgan fingerprint density at radius 1 is 1.11 bits per heavy atom. The second kappa shape index (κ2) is 11.0. The Morgan fingerprint density at radius 3 is 2.63 bits per heavy atom. The van der Waals surface area contributed by atoms with Crippen molar-refractivity contribution in [3.63, 3.8) is 0 Å². The lowest BCUT2D eigenvalue weighted by Gasteiger charge is -2.26. The molecule has 3 aromatic rings. The van der Waals surface area contributed by atoms with Gasteiger partial charge in [0, 0.05) is 16.5 Å². The molecular formula is C28H26N2O4S.